The molecule has 0 bridgehead atoms. The minimum absolute atomic E-state index is 0.0362. The average Bonchev–Trinajstić information content (AvgIpc) is 2.67. The highest BCUT2D eigenvalue weighted by Crippen LogP contribution is 2.42. The first-order valence-electron chi connectivity index (χ1n) is 7.14. The van der Waals surface area contributed by atoms with Crippen LogP contribution in [0, 0.1) is 11.8 Å². The van der Waals surface area contributed by atoms with E-state index in [0.29, 0.717) is 0 Å². The van der Waals surface area contributed by atoms with Gasteiger partial charge in [-0.15, -0.1) is 0 Å². The number of nitrogens with one attached hydrogen (secondary N) is 1. The van der Waals surface area contributed by atoms with Crippen molar-refractivity contribution in [1.29, 1.82) is 0 Å². The van der Waals surface area contributed by atoms with Crippen LogP contribution >= 0.6 is 0 Å². The van der Waals surface area contributed by atoms with E-state index in [2.05, 4.69) is 10.1 Å². The topological polar surface area (TPSA) is 75.7 Å². The molecular formula is C14H22N2O4. The number of amides is 3. The second-order valence-corrected chi connectivity index (χ2v) is 5.82. The number of urea groups is 1. The first-order valence-corrected chi connectivity index (χ1v) is 7.14. The molecule has 1 spiro atoms. The number of carbonyl (C=O) groups excluding carboxylic acids is 3. The van der Waals surface area contributed by atoms with Crippen LogP contribution in [0.1, 0.15) is 39.5 Å². The van der Waals surface area contributed by atoms with Gasteiger partial charge in [0.1, 0.15) is 5.54 Å². The molecule has 1 heterocycles. The molecular weight excluding hydrogens is 260 g/mol. The van der Waals surface area contributed by atoms with Crippen molar-refractivity contribution < 1.29 is 19.1 Å². The zero-order chi connectivity index (χ0) is 14.9. The van der Waals surface area contributed by atoms with E-state index in [1.54, 1.807) is 0 Å². The van der Waals surface area contributed by atoms with Crippen LogP contribution in [-0.2, 0) is 14.3 Å². The van der Waals surface area contributed by atoms with Gasteiger partial charge in [0.25, 0.3) is 5.91 Å². The molecule has 6 heteroatoms. The van der Waals surface area contributed by atoms with Crippen LogP contribution in [0.25, 0.3) is 0 Å². The second kappa shape index (κ2) is 5.42. The van der Waals surface area contributed by atoms with Crippen molar-refractivity contribution in [2.75, 3.05) is 13.7 Å². The number of hydrogen-bond acceptors (Lipinski definition) is 4. The standard InChI is InChI=1S/C14H22N2O4/c1-9-5-4-6-10(2)14(9)12(18)16(13(19)15-14)8-7-11(17)20-3/h9-10H,4-8H2,1-3H3,(H,15,19). The van der Waals surface area contributed by atoms with Gasteiger partial charge in [-0.05, 0) is 24.7 Å². The number of methoxy groups -OCH3 is 1. The summed E-state index contributed by atoms with van der Waals surface area (Å²) in [6.07, 6.45) is 2.98. The Balaban J connectivity index is 2.17. The summed E-state index contributed by atoms with van der Waals surface area (Å²) in [5.74, 6) is -0.376. The fourth-order valence-corrected chi connectivity index (χ4v) is 3.46. The maximum atomic E-state index is 12.7. The van der Waals surface area contributed by atoms with Crippen LogP contribution in [0.4, 0.5) is 4.79 Å². The molecule has 0 radical (unpaired) electrons. The van der Waals surface area contributed by atoms with Crippen molar-refractivity contribution in [2.45, 2.75) is 45.1 Å². The van der Waals surface area contributed by atoms with Gasteiger partial charge in [0.15, 0.2) is 0 Å². The van der Waals surface area contributed by atoms with Crippen LogP contribution < -0.4 is 5.32 Å². The molecule has 1 saturated heterocycles. The van der Waals surface area contributed by atoms with Crippen LogP contribution in [0.3, 0.4) is 0 Å². The lowest BCUT2D eigenvalue weighted by molar-refractivity contribution is -0.141. The Morgan fingerprint density at radius 1 is 1.35 bits per heavy atom. The van der Waals surface area contributed by atoms with Crippen molar-refractivity contribution in [2.24, 2.45) is 11.8 Å². The molecule has 1 saturated carbocycles. The molecule has 0 aromatic rings. The molecule has 2 rings (SSSR count). The Kier molecular flexibility index (Phi) is 4.01. The van der Waals surface area contributed by atoms with Gasteiger partial charge in [0, 0.05) is 6.54 Å². The van der Waals surface area contributed by atoms with Gasteiger partial charge in [0.2, 0.25) is 0 Å². The Morgan fingerprint density at radius 2 is 1.95 bits per heavy atom. The van der Waals surface area contributed by atoms with Gasteiger partial charge in [-0.2, -0.15) is 0 Å². The molecule has 6 nitrogen and oxygen atoms in total. The van der Waals surface area contributed by atoms with Crippen LogP contribution in [0.5, 0.6) is 0 Å². The first kappa shape index (κ1) is 14.8. The maximum Gasteiger partial charge on any atom is 0.325 e. The fraction of sp³-hybridized carbons (Fsp3) is 0.786. The van der Waals surface area contributed by atoms with Crippen molar-refractivity contribution >= 4 is 17.9 Å². The Hall–Kier alpha value is -1.59. The number of carbonyl (C=O) groups is 3. The average molecular weight is 282 g/mol. The maximum absolute atomic E-state index is 12.7. The Bertz CT molecular complexity index is 425. The monoisotopic (exact) mass is 282 g/mol. The third-order valence-corrected chi connectivity index (χ3v) is 4.75. The minimum atomic E-state index is -0.786. The third-order valence-electron chi connectivity index (χ3n) is 4.75. The van der Waals surface area contributed by atoms with E-state index in [9.17, 15) is 14.4 Å². The van der Waals surface area contributed by atoms with Gasteiger partial charge in [0.05, 0.1) is 13.5 Å². The number of nitrogens with zero attached hydrogens (tertiary/aromatic N) is 1. The van der Waals surface area contributed by atoms with Gasteiger partial charge < -0.3 is 10.1 Å². The summed E-state index contributed by atoms with van der Waals surface area (Å²) < 4.78 is 4.55. The van der Waals surface area contributed by atoms with Crippen LogP contribution in [0.15, 0.2) is 0 Å². The van der Waals surface area contributed by atoms with Gasteiger partial charge >= 0.3 is 12.0 Å². The van der Waals surface area contributed by atoms with Crippen molar-refractivity contribution in [1.82, 2.24) is 10.2 Å². The summed E-state index contributed by atoms with van der Waals surface area (Å²) in [6, 6.07) is -0.389. The summed E-state index contributed by atoms with van der Waals surface area (Å²) in [5, 5.41) is 2.90. The molecule has 3 amide bonds. The molecule has 0 aromatic heterocycles. The predicted octanol–water partition coefficient (Wildman–Crippen LogP) is 1.30. The van der Waals surface area contributed by atoms with E-state index in [0.717, 1.165) is 24.2 Å². The molecule has 2 fully saturated rings. The molecule has 20 heavy (non-hydrogen) atoms. The highest BCUT2D eigenvalue weighted by Gasteiger charge is 2.58. The Morgan fingerprint density at radius 3 is 2.50 bits per heavy atom. The van der Waals surface area contributed by atoms with E-state index in [1.807, 2.05) is 13.8 Å². The lowest BCUT2D eigenvalue weighted by atomic mass is 9.67. The minimum Gasteiger partial charge on any atom is -0.469 e. The van der Waals surface area contributed by atoms with Crippen LogP contribution in [0.2, 0.25) is 0 Å². The zero-order valence-electron chi connectivity index (χ0n) is 12.3. The van der Waals surface area contributed by atoms with Crippen molar-refractivity contribution in [3.05, 3.63) is 0 Å². The van der Waals surface area contributed by atoms with Gasteiger partial charge in [-0.1, -0.05) is 20.3 Å². The molecule has 2 unspecified atom stereocenters. The molecule has 112 valence electrons. The van der Waals surface area contributed by atoms with E-state index < -0.39 is 11.5 Å². The Labute approximate surface area is 118 Å². The molecule has 1 aliphatic heterocycles. The number of rotatable bonds is 3. The molecule has 2 atom stereocenters. The highest BCUT2D eigenvalue weighted by molar-refractivity contribution is 6.07. The van der Waals surface area contributed by atoms with E-state index in [1.165, 1.54) is 7.11 Å². The summed E-state index contributed by atoms with van der Waals surface area (Å²) in [5.41, 5.74) is -0.786. The second-order valence-electron chi connectivity index (χ2n) is 5.82. The zero-order valence-corrected chi connectivity index (χ0v) is 12.3. The molecule has 1 aliphatic carbocycles. The third kappa shape index (κ3) is 2.17. The van der Waals surface area contributed by atoms with E-state index in [4.69, 9.17) is 0 Å². The molecule has 1 N–H and O–H groups in total. The molecule has 2 aliphatic rings. The SMILES string of the molecule is COC(=O)CCN1C(=O)NC2(C1=O)C(C)CCCC2C. The summed E-state index contributed by atoms with van der Waals surface area (Å²) >= 11 is 0. The molecule has 0 aromatic carbocycles. The number of ether oxygens (including phenoxy) is 1. The van der Waals surface area contributed by atoms with Gasteiger partial charge in [-0.3, -0.25) is 14.5 Å². The van der Waals surface area contributed by atoms with Crippen molar-refractivity contribution in [3.63, 3.8) is 0 Å². The first-order chi connectivity index (χ1) is 9.43. The number of esters is 1. The van der Waals surface area contributed by atoms with Gasteiger partial charge in [-0.25, -0.2) is 4.79 Å². The lowest BCUT2D eigenvalue weighted by Crippen LogP contribution is -2.58. The fourth-order valence-electron chi connectivity index (χ4n) is 3.46. The highest BCUT2D eigenvalue weighted by atomic mass is 16.5. The lowest BCUT2D eigenvalue weighted by Gasteiger charge is -2.42. The quantitative estimate of drug-likeness (QED) is 0.625. The van der Waals surface area contributed by atoms with E-state index in [-0.39, 0.29) is 36.7 Å². The summed E-state index contributed by atoms with van der Waals surface area (Å²) in [6.45, 7) is 4.10. The predicted molar refractivity (Wildman–Crippen MR) is 71.8 cm³/mol. The largest absolute Gasteiger partial charge is 0.469 e. The number of imide groups is 1. The summed E-state index contributed by atoms with van der Waals surface area (Å²) in [4.78, 5) is 37.1. The van der Waals surface area contributed by atoms with E-state index >= 15 is 0 Å². The summed E-state index contributed by atoms with van der Waals surface area (Å²) in [7, 11) is 1.29. The van der Waals surface area contributed by atoms with Crippen molar-refractivity contribution in [3.8, 4) is 0 Å². The normalized spacial score (nSPS) is 33.5. The van der Waals surface area contributed by atoms with Crippen LogP contribution in [-0.4, -0.2) is 42.0 Å². The smallest absolute Gasteiger partial charge is 0.325 e. The number of hydrogen-bond donors (Lipinski definition) is 1.